The second-order valence-electron chi connectivity index (χ2n) is 5.64. The largest absolute Gasteiger partial charge is 0.493 e. The summed E-state index contributed by atoms with van der Waals surface area (Å²) in [5.41, 5.74) is 2.98. The third-order valence-corrected chi connectivity index (χ3v) is 5.15. The number of ether oxygens (including phenoxy) is 1. The maximum atomic E-state index is 12.2. The molecule has 3 rings (SSSR count). The first-order valence-corrected chi connectivity index (χ1v) is 8.93. The number of para-hydroxylation sites is 1. The SMILES string of the molecule is Cc1ccc(CS(=O)(=O)NCC2COc3ccccc32)cc1. The lowest BCUT2D eigenvalue weighted by Crippen LogP contribution is -2.30. The molecular formula is C17H19NO3S. The van der Waals surface area contributed by atoms with Crippen molar-refractivity contribution in [2.45, 2.75) is 18.6 Å². The van der Waals surface area contributed by atoms with Crippen molar-refractivity contribution < 1.29 is 13.2 Å². The van der Waals surface area contributed by atoms with Crippen LogP contribution in [0.4, 0.5) is 0 Å². The molecule has 1 unspecified atom stereocenters. The molecule has 2 aromatic rings. The maximum absolute atomic E-state index is 12.2. The Bertz CT molecular complexity index is 754. The minimum atomic E-state index is -3.34. The second-order valence-corrected chi connectivity index (χ2v) is 7.45. The van der Waals surface area contributed by atoms with Crippen LogP contribution in [-0.4, -0.2) is 21.6 Å². The summed E-state index contributed by atoms with van der Waals surface area (Å²) in [5, 5.41) is 0. The highest BCUT2D eigenvalue weighted by atomic mass is 32.2. The molecule has 1 aliphatic rings. The molecule has 116 valence electrons. The normalized spacial score (nSPS) is 17.0. The fourth-order valence-electron chi connectivity index (χ4n) is 2.58. The molecule has 0 saturated carbocycles. The Morgan fingerprint density at radius 1 is 1.14 bits per heavy atom. The summed E-state index contributed by atoms with van der Waals surface area (Å²) in [5.74, 6) is 0.928. The Morgan fingerprint density at radius 3 is 2.64 bits per heavy atom. The van der Waals surface area contributed by atoms with Crippen molar-refractivity contribution in [1.29, 1.82) is 0 Å². The number of hydrogen-bond acceptors (Lipinski definition) is 3. The molecule has 1 heterocycles. The summed E-state index contributed by atoms with van der Waals surface area (Å²) >= 11 is 0. The smallest absolute Gasteiger partial charge is 0.215 e. The third kappa shape index (κ3) is 3.48. The van der Waals surface area contributed by atoms with Crippen molar-refractivity contribution in [2.24, 2.45) is 0 Å². The van der Waals surface area contributed by atoms with E-state index in [1.54, 1.807) is 0 Å². The van der Waals surface area contributed by atoms with Gasteiger partial charge in [0.05, 0.1) is 12.4 Å². The van der Waals surface area contributed by atoms with Crippen molar-refractivity contribution in [3.05, 3.63) is 65.2 Å². The molecule has 4 nitrogen and oxygen atoms in total. The van der Waals surface area contributed by atoms with Crippen LogP contribution >= 0.6 is 0 Å². The second kappa shape index (κ2) is 6.10. The lowest BCUT2D eigenvalue weighted by Gasteiger charge is -2.11. The van der Waals surface area contributed by atoms with Gasteiger partial charge in [-0.3, -0.25) is 0 Å². The summed E-state index contributed by atoms with van der Waals surface area (Å²) in [6.45, 7) is 2.87. The van der Waals surface area contributed by atoms with Crippen molar-refractivity contribution in [2.75, 3.05) is 13.2 Å². The molecule has 0 aromatic heterocycles. The molecule has 0 fully saturated rings. The molecule has 0 radical (unpaired) electrons. The standard InChI is InChI=1S/C17H19NO3S/c1-13-6-8-14(9-7-13)12-22(19,20)18-10-15-11-21-17-5-3-2-4-16(15)17/h2-9,15,18H,10-12H2,1H3. The highest BCUT2D eigenvalue weighted by molar-refractivity contribution is 7.88. The van der Waals surface area contributed by atoms with Crippen LogP contribution < -0.4 is 9.46 Å². The summed E-state index contributed by atoms with van der Waals surface area (Å²) < 4.78 is 32.7. The van der Waals surface area contributed by atoms with E-state index >= 15 is 0 Å². The van der Waals surface area contributed by atoms with Gasteiger partial charge in [-0.1, -0.05) is 48.0 Å². The Labute approximate surface area is 131 Å². The molecule has 0 saturated heterocycles. The van der Waals surface area contributed by atoms with Gasteiger partial charge >= 0.3 is 0 Å². The Kier molecular flexibility index (Phi) is 4.18. The average Bonchev–Trinajstić information content (AvgIpc) is 2.91. The van der Waals surface area contributed by atoms with E-state index in [1.165, 1.54) is 0 Å². The van der Waals surface area contributed by atoms with Crippen LogP contribution in [0.2, 0.25) is 0 Å². The molecule has 0 aliphatic carbocycles. The highest BCUT2D eigenvalue weighted by Crippen LogP contribution is 2.32. The van der Waals surface area contributed by atoms with Gasteiger partial charge in [-0.15, -0.1) is 0 Å². The molecule has 5 heteroatoms. The van der Waals surface area contributed by atoms with Gasteiger partial charge in [-0.05, 0) is 18.6 Å². The zero-order valence-electron chi connectivity index (χ0n) is 12.5. The van der Waals surface area contributed by atoms with Crippen molar-refractivity contribution in [3.8, 4) is 5.75 Å². The van der Waals surface area contributed by atoms with Gasteiger partial charge in [0.2, 0.25) is 10.0 Å². The number of sulfonamides is 1. The van der Waals surface area contributed by atoms with Crippen LogP contribution in [0.5, 0.6) is 5.75 Å². The monoisotopic (exact) mass is 317 g/mol. The lowest BCUT2D eigenvalue weighted by atomic mass is 10.0. The average molecular weight is 317 g/mol. The van der Waals surface area contributed by atoms with E-state index < -0.39 is 10.0 Å². The summed E-state index contributed by atoms with van der Waals surface area (Å²) in [6, 6.07) is 15.3. The van der Waals surface area contributed by atoms with Gasteiger partial charge in [0.25, 0.3) is 0 Å². The van der Waals surface area contributed by atoms with E-state index in [2.05, 4.69) is 4.72 Å². The van der Waals surface area contributed by atoms with Crippen LogP contribution in [0.15, 0.2) is 48.5 Å². The fourth-order valence-corrected chi connectivity index (χ4v) is 3.77. The predicted molar refractivity (Wildman–Crippen MR) is 86.5 cm³/mol. The van der Waals surface area contributed by atoms with Crippen molar-refractivity contribution >= 4 is 10.0 Å². The number of fused-ring (bicyclic) bond motifs is 1. The Balaban J connectivity index is 1.62. The van der Waals surface area contributed by atoms with Gasteiger partial charge in [-0.2, -0.15) is 0 Å². The first-order chi connectivity index (χ1) is 10.5. The van der Waals surface area contributed by atoms with Crippen LogP contribution in [-0.2, 0) is 15.8 Å². The van der Waals surface area contributed by atoms with E-state index in [-0.39, 0.29) is 11.7 Å². The fraction of sp³-hybridized carbons (Fsp3) is 0.294. The molecular weight excluding hydrogens is 298 g/mol. The van der Waals surface area contributed by atoms with Gasteiger partial charge in [-0.25, -0.2) is 13.1 Å². The van der Waals surface area contributed by atoms with Crippen LogP contribution in [0.25, 0.3) is 0 Å². The molecule has 1 aliphatic heterocycles. The maximum Gasteiger partial charge on any atom is 0.215 e. The van der Waals surface area contributed by atoms with Crippen molar-refractivity contribution in [1.82, 2.24) is 4.72 Å². The predicted octanol–water partition coefficient (Wildman–Crippen LogP) is 2.59. The third-order valence-electron chi connectivity index (χ3n) is 3.83. The minimum absolute atomic E-state index is 0.00248. The Hall–Kier alpha value is -1.85. The first kappa shape index (κ1) is 15.1. The van der Waals surface area contributed by atoms with E-state index in [0.717, 1.165) is 22.4 Å². The summed E-state index contributed by atoms with van der Waals surface area (Å²) in [7, 11) is -3.34. The first-order valence-electron chi connectivity index (χ1n) is 7.28. The summed E-state index contributed by atoms with van der Waals surface area (Å²) in [4.78, 5) is 0. The van der Waals surface area contributed by atoms with Crippen LogP contribution in [0.1, 0.15) is 22.6 Å². The van der Waals surface area contributed by atoms with Crippen LogP contribution in [0.3, 0.4) is 0 Å². The van der Waals surface area contributed by atoms with Gasteiger partial charge in [0.15, 0.2) is 0 Å². The zero-order chi connectivity index (χ0) is 15.6. The quantitative estimate of drug-likeness (QED) is 0.922. The van der Waals surface area contributed by atoms with E-state index in [0.29, 0.717) is 13.2 Å². The molecule has 2 aromatic carbocycles. The molecule has 0 amide bonds. The number of benzene rings is 2. The van der Waals surface area contributed by atoms with E-state index in [1.807, 2.05) is 55.5 Å². The number of nitrogens with one attached hydrogen (secondary N) is 1. The van der Waals surface area contributed by atoms with E-state index in [4.69, 9.17) is 4.74 Å². The minimum Gasteiger partial charge on any atom is -0.493 e. The summed E-state index contributed by atoms with van der Waals surface area (Å²) in [6.07, 6.45) is 0. The van der Waals surface area contributed by atoms with Gasteiger partial charge < -0.3 is 4.74 Å². The van der Waals surface area contributed by atoms with Gasteiger partial charge in [0, 0.05) is 18.0 Å². The molecule has 0 bridgehead atoms. The Morgan fingerprint density at radius 2 is 1.86 bits per heavy atom. The van der Waals surface area contributed by atoms with E-state index in [9.17, 15) is 8.42 Å². The number of aryl methyl sites for hydroxylation is 1. The molecule has 1 atom stereocenters. The zero-order valence-corrected chi connectivity index (χ0v) is 13.3. The highest BCUT2D eigenvalue weighted by Gasteiger charge is 2.25. The molecule has 22 heavy (non-hydrogen) atoms. The lowest BCUT2D eigenvalue weighted by molar-refractivity contribution is 0.330. The van der Waals surface area contributed by atoms with Crippen LogP contribution in [0, 0.1) is 6.92 Å². The number of hydrogen-bond donors (Lipinski definition) is 1. The van der Waals surface area contributed by atoms with Gasteiger partial charge in [0.1, 0.15) is 5.75 Å². The molecule has 0 spiro atoms. The molecule has 1 N–H and O–H groups in total. The van der Waals surface area contributed by atoms with Crippen molar-refractivity contribution in [3.63, 3.8) is 0 Å². The topological polar surface area (TPSA) is 55.4 Å². The number of rotatable bonds is 5.